The van der Waals surface area contributed by atoms with Crippen LogP contribution >= 0.6 is 11.8 Å². The average molecular weight is 387 g/mol. The topological polar surface area (TPSA) is 64.4 Å². The molecule has 27 heavy (non-hydrogen) atoms. The van der Waals surface area contributed by atoms with Crippen LogP contribution in [0.3, 0.4) is 0 Å². The molecule has 0 aliphatic rings. The zero-order valence-electron chi connectivity index (χ0n) is 16.4. The molecule has 0 bridgehead atoms. The van der Waals surface area contributed by atoms with Crippen molar-refractivity contribution in [1.29, 1.82) is 0 Å². The second-order valence-electron chi connectivity index (χ2n) is 6.92. The number of aryl methyl sites for hydroxylation is 1. The lowest BCUT2D eigenvalue weighted by Crippen LogP contribution is -2.45. The summed E-state index contributed by atoms with van der Waals surface area (Å²) in [6.45, 7) is 4.63. The third-order valence-electron chi connectivity index (χ3n) is 4.35. The van der Waals surface area contributed by atoms with Crippen LogP contribution in [0, 0.1) is 6.92 Å². The van der Waals surface area contributed by atoms with Gasteiger partial charge < -0.3 is 15.8 Å². The molecule has 3 N–H and O–H groups in total. The maximum Gasteiger partial charge on any atom is 0.237 e. The monoisotopic (exact) mass is 386 g/mol. The standard InChI is InChI=1S/C22H30N2O2S/c1-16-4-6-19(7-5-16)15-26-20-10-8-18(9-11-20)14-17(2)24-22(25)21(23)12-13-27-3/h4-11,17,21H,12-15,23H2,1-3H3,(H,24,25)/t17?,21-/m0/s1. The first kappa shape index (κ1) is 21.3. The van der Waals surface area contributed by atoms with Crippen molar-refractivity contribution in [3.8, 4) is 5.75 Å². The molecule has 2 aromatic carbocycles. The van der Waals surface area contributed by atoms with Gasteiger partial charge in [0.15, 0.2) is 0 Å². The summed E-state index contributed by atoms with van der Waals surface area (Å²) < 4.78 is 5.84. The van der Waals surface area contributed by atoms with Gasteiger partial charge in [0.25, 0.3) is 0 Å². The molecule has 146 valence electrons. The molecule has 1 unspecified atom stereocenters. The summed E-state index contributed by atoms with van der Waals surface area (Å²) in [6.07, 6.45) is 3.48. The second-order valence-corrected chi connectivity index (χ2v) is 7.91. The largest absolute Gasteiger partial charge is 0.489 e. The molecule has 5 heteroatoms. The summed E-state index contributed by atoms with van der Waals surface area (Å²) in [5.41, 5.74) is 9.46. The van der Waals surface area contributed by atoms with Crippen molar-refractivity contribution in [3.63, 3.8) is 0 Å². The maximum absolute atomic E-state index is 12.1. The normalized spacial score (nSPS) is 13.0. The van der Waals surface area contributed by atoms with E-state index in [0.717, 1.165) is 29.1 Å². The van der Waals surface area contributed by atoms with Crippen molar-refractivity contribution in [2.24, 2.45) is 5.73 Å². The van der Waals surface area contributed by atoms with Gasteiger partial charge in [-0.2, -0.15) is 11.8 Å². The molecule has 0 fully saturated rings. The summed E-state index contributed by atoms with van der Waals surface area (Å²) >= 11 is 1.70. The zero-order valence-corrected chi connectivity index (χ0v) is 17.2. The molecule has 0 aromatic heterocycles. The highest BCUT2D eigenvalue weighted by Gasteiger charge is 2.15. The van der Waals surface area contributed by atoms with Gasteiger partial charge in [-0.1, -0.05) is 42.0 Å². The lowest BCUT2D eigenvalue weighted by molar-refractivity contribution is -0.122. The molecule has 0 spiro atoms. The van der Waals surface area contributed by atoms with Crippen LogP contribution in [0.5, 0.6) is 5.75 Å². The molecular weight excluding hydrogens is 356 g/mol. The minimum atomic E-state index is -0.433. The quantitative estimate of drug-likeness (QED) is 0.653. The van der Waals surface area contributed by atoms with E-state index in [1.165, 1.54) is 5.56 Å². The minimum Gasteiger partial charge on any atom is -0.489 e. The van der Waals surface area contributed by atoms with Gasteiger partial charge in [0.1, 0.15) is 12.4 Å². The summed E-state index contributed by atoms with van der Waals surface area (Å²) in [6, 6.07) is 16.0. The first-order valence-corrected chi connectivity index (χ1v) is 10.7. The lowest BCUT2D eigenvalue weighted by atomic mass is 10.1. The highest BCUT2D eigenvalue weighted by molar-refractivity contribution is 7.98. The molecule has 2 rings (SSSR count). The van der Waals surface area contributed by atoms with E-state index in [4.69, 9.17) is 10.5 Å². The molecule has 0 radical (unpaired) electrons. The zero-order chi connectivity index (χ0) is 19.6. The number of benzene rings is 2. The van der Waals surface area contributed by atoms with E-state index in [1.807, 2.05) is 37.4 Å². The summed E-state index contributed by atoms with van der Waals surface area (Å²) in [5, 5.41) is 3.00. The van der Waals surface area contributed by atoms with E-state index in [2.05, 4.69) is 36.5 Å². The number of rotatable bonds is 10. The van der Waals surface area contributed by atoms with Crippen LogP contribution in [0.25, 0.3) is 0 Å². The number of hydrogen-bond acceptors (Lipinski definition) is 4. The molecule has 2 aromatic rings. The number of carbonyl (C=O) groups is 1. The fourth-order valence-electron chi connectivity index (χ4n) is 2.70. The van der Waals surface area contributed by atoms with Crippen LogP contribution in [0.2, 0.25) is 0 Å². The Morgan fingerprint density at radius 2 is 1.74 bits per heavy atom. The molecular formula is C22H30N2O2S. The number of ether oxygens (including phenoxy) is 1. The van der Waals surface area contributed by atoms with Crippen molar-refractivity contribution in [1.82, 2.24) is 5.32 Å². The highest BCUT2D eigenvalue weighted by atomic mass is 32.2. The van der Waals surface area contributed by atoms with Crippen molar-refractivity contribution >= 4 is 17.7 Å². The van der Waals surface area contributed by atoms with Crippen LogP contribution in [0.1, 0.15) is 30.0 Å². The Balaban J connectivity index is 1.78. The van der Waals surface area contributed by atoms with Gasteiger partial charge in [-0.15, -0.1) is 0 Å². The van der Waals surface area contributed by atoms with E-state index in [0.29, 0.717) is 13.0 Å². The number of thioether (sulfide) groups is 1. The lowest BCUT2D eigenvalue weighted by Gasteiger charge is -2.17. The molecule has 0 aliphatic heterocycles. The van der Waals surface area contributed by atoms with Gasteiger partial charge in [-0.05, 0) is 62.0 Å². The van der Waals surface area contributed by atoms with Crippen molar-refractivity contribution in [2.75, 3.05) is 12.0 Å². The van der Waals surface area contributed by atoms with E-state index < -0.39 is 6.04 Å². The minimum absolute atomic E-state index is 0.0390. The fourth-order valence-corrected chi connectivity index (χ4v) is 3.19. The molecule has 0 saturated carbocycles. The fraction of sp³-hybridized carbons (Fsp3) is 0.409. The number of amides is 1. The van der Waals surface area contributed by atoms with Gasteiger partial charge in [0, 0.05) is 6.04 Å². The molecule has 2 atom stereocenters. The number of nitrogens with two attached hydrogens (primary N) is 1. The summed E-state index contributed by atoms with van der Waals surface area (Å²) in [5.74, 6) is 1.66. The van der Waals surface area contributed by atoms with Gasteiger partial charge in [-0.3, -0.25) is 4.79 Å². The van der Waals surface area contributed by atoms with Gasteiger partial charge >= 0.3 is 0 Å². The van der Waals surface area contributed by atoms with Gasteiger partial charge in [0.05, 0.1) is 6.04 Å². The molecule has 0 saturated heterocycles. The van der Waals surface area contributed by atoms with E-state index in [1.54, 1.807) is 11.8 Å². The first-order chi connectivity index (χ1) is 13.0. The second kappa shape index (κ2) is 11.0. The molecule has 4 nitrogen and oxygen atoms in total. The molecule has 0 aliphatic carbocycles. The number of nitrogens with one attached hydrogen (secondary N) is 1. The van der Waals surface area contributed by atoms with Crippen LogP contribution < -0.4 is 15.8 Å². The smallest absolute Gasteiger partial charge is 0.237 e. The predicted molar refractivity (Wildman–Crippen MR) is 114 cm³/mol. The third-order valence-corrected chi connectivity index (χ3v) is 4.99. The van der Waals surface area contributed by atoms with E-state index in [-0.39, 0.29) is 11.9 Å². The Hall–Kier alpha value is -1.98. The summed E-state index contributed by atoms with van der Waals surface area (Å²) in [7, 11) is 0. The van der Waals surface area contributed by atoms with Crippen LogP contribution in [-0.2, 0) is 17.8 Å². The van der Waals surface area contributed by atoms with Crippen molar-refractivity contribution in [2.45, 2.75) is 45.4 Å². The Bertz CT molecular complexity index is 701. The Morgan fingerprint density at radius 1 is 1.11 bits per heavy atom. The first-order valence-electron chi connectivity index (χ1n) is 9.30. The molecule has 1 amide bonds. The Morgan fingerprint density at radius 3 is 2.37 bits per heavy atom. The van der Waals surface area contributed by atoms with Crippen molar-refractivity contribution < 1.29 is 9.53 Å². The molecule has 0 heterocycles. The maximum atomic E-state index is 12.1. The average Bonchev–Trinajstić information content (AvgIpc) is 2.66. The van der Waals surface area contributed by atoms with Crippen LogP contribution in [0.4, 0.5) is 0 Å². The van der Waals surface area contributed by atoms with Crippen molar-refractivity contribution in [3.05, 3.63) is 65.2 Å². The summed E-state index contributed by atoms with van der Waals surface area (Å²) in [4.78, 5) is 12.1. The SMILES string of the molecule is CSCC[C@H](N)C(=O)NC(C)Cc1ccc(OCc2ccc(C)cc2)cc1. The van der Waals surface area contributed by atoms with Gasteiger partial charge in [-0.25, -0.2) is 0 Å². The highest BCUT2D eigenvalue weighted by Crippen LogP contribution is 2.15. The van der Waals surface area contributed by atoms with Crippen LogP contribution in [0.15, 0.2) is 48.5 Å². The van der Waals surface area contributed by atoms with E-state index >= 15 is 0 Å². The number of carbonyl (C=O) groups excluding carboxylic acids is 1. The van der Waals surface area contributed by atoms with Gasteiger partial charge in [0.2, 0.25) is 5.91 Å². The van der Waals surface area contributed by atoms with E-state index in [9.17, 15) is 4.79 Å². The Kier molecular flexibility index (Phi) is 8.69. The van der Waals surface area contributed by atoms with Crippen LogP contribution in [-0.4, -0.2) is 30.0 Å². The number of hydrogen-bond donors (Lipinski definition) is 2. The third kappa shape index (κ3) is 7.65. The predicted octanol–water partition coefficient (Wildman–Crippen LogP) is 3.70. The Labute approximate surface area is 166 Å².